The predicted molar refractivity (Wildman–Crippen MR) is 43.9 cm³/mol. The fraction of sp³-hybridized carbons (Fsp3) is 0.750. The molecule has 0 aromatic carbocycles. The first-order valence-electron chi connectivity index (χ1n) is 3.96. The van der Waals surface area contributed by atoms with E-state index < -0.39 is 5.97 Å². The van der Waals surface area contributed by atoms with Crippen molar-refractivity contribution in [3.05, 3.63) is 0 Å². The van der Waals surface area contributed by atoms with Gasteiger partial charge in [-0.15, -0.1) is 0 Å². The molecule has 3 nitrogen and oxygen atoms in total. The SMILES string of the molecule is CCCOC(=O)C(=N)CCC. The summed E-state index contributed by atoms with van der Waals surface area (Å²) in [7, 11) is 0. The molecular weight excluding hydrogens is 142 g/mol. The molecule has 0 spiro atoms. The lowest BCUT2D eigenvalue weighted by Gasteiger charge is -2.02. The lowest BCUT2D eigenvalue weighted by molar-refractivity contribution is -0.135. The highest BCUT2D eigenvalue weighted by molar-refractivity contribution is 6.34. The number of ether oxygens (including phenoxy) is 1. The maximum absolute atomic E-state index is 10.8. The smallest absolute Gasteiger partial charge is 0.351 e. The van der Waals surface area contributed by atoms with Gasteiger partial charge in [0.05, 0.1) is 6.61 Å². The van der Waals surface area contributed by atoms with Gasteiger partial charge in [0.2, 0.25) is 0 Å². The molecule has 0 aliphatic heterocycles. The Morgan fingerprint density at radius 1 is 1.36 bits per heavy atom. The topological polar surface area (TPSA) is 50.2 Å². The summed E-state index contributed by atoms with van der Waals surface area (Å²) >= 11 is 0. The molecule has 0 aliphatic carbocycles. The fourth-order valence-corrected chi connectivity index (χ4v) is 0.634. The van der Waals surface area contributed by atoms with Gasteiger partial charge in [-0.25, -0.2) is 4.79 Å². The molecule has 0 heterocycles. The average molecular weight is 157 g/mol. The highest BCUT2D eigenvalue weighted by atomic mass is 16.5. The Labute approximate surface area is 67.3 Å². The molecule has 0 saturated heterocycles. The van der Waals surface area contributed by atoms with Crippen molar-refractivity contribution in [3.63, 3.8) is 0 Å². The first kappa shape index (κ1) is 10.1. The molecule has 11 heavy (non-hydrogen) atoms. The van der Waals surface area contributed by atoms with E-state index in [1.54, 1.807) is 0 Å². The molecule has 0 saturated carbocycles. The van der Waals surface area contributed by atoms with Gasteiger partial charge in [-0.05, 0) is 12.8 Å². The van der Waals surface area contributed by atoms with E-state index >= 15 is 0 Å². The molecule has 0 fully saturated rings. The monoisotopic (exact) mass is 157 g/mol. The summed E-state index contributed by atoms with van der Waals surface area (Å²) in [5, 5.41) is 7.20. The van der Waals surface area contributed by atoms with Crippen molar-refractivity contribution < 1.29 is 9.53 Å². The second-order valence-electron chi connectivity index (χ2n) is 2.36. The summed E-state index contributed by atoms with van der Waals surface area (Å²) in [5.74, 6) is -0.464. The van der Waals surface area contributed by atoms with Crippen LogP contribution in [-0.4, -0.2) is 18.3 Å². The molecule has 0 bridgehead atoms. The Bertz CT molecular complexity index is 143. The van der Waals surface area contributed by atoms with Gasteiger partial charge < -0.3 is 4.74 Å². The van der Waals surface area contributed by atoms with E-state index in [4.69, 9.17) is 10.1 Å². The molecular formula is C8H15NO2. The van der Waals surface area contributed by atoms with Gasteiger partial charge in [0, 0.05) is 0 Å². The minimum Gasteiger partial charge on any atom is -0.461 e. The molecule has 1 N–H and O–H groups in total. The van der Waals surface area contributed by atoms with E-state index in [0.29, 0.717) is 13.0 Å². The van der Waals surface area contributed by atoms with E-state index in [1.807, 2.05) is 13.8 Å². The number of carbonyl (C=O) groups is 1. The van der Waals surface area contributed by atoms with Crippen LogP contribution in [0.1, 0.15) is 33.1 Å². The van der Waals surface area contributed by atoms with Gasteiger partial charge in [0.15, 0.2) is 0 Å². The Hall–Kier alpha value is -0.860. The Balaban J connectivity index is 3.56. The van der Waals surface area contributed by atoms with Crippen LogP contribution >= 0.6 is 0 Å². The number of esters is 1. The van der Waals surface area contributed by atoms with Crippen LogP contribution in [0.2, 0.25) is 0 Å². The molecule has 0 aromatic heterocycles. The van der Waals surface area contributed by atoms with E-state index in [1.165, 1.54) is 0 Å². The molecule has 0 atom stereocenters. The summed E-state index contributed by atoms with van der Waals surface area (Å²) in [6.45, 7) is 4.28. The summed E-state index contributed by atoms with van der Waals surface area (Å²) in [5.41, 5.74) is 0.0842. The van der Waals surface area contributed by atoms with Crippen LogP contribution in [0.3, 0.4) is 0 Å². The van der Waals surface area contributed by atoms with E-state index in [2.05, 4.69) is 0 Å². The lowest BCUT2D eigenvalue weighted by Crippen LogP contribution is -2.16. The number of hydrogen-bond acceptors (Lipinski definition) is 3. The number of carbonyl (C=O) groups excluding carboxylic acids is 1. The Kier molecular flexibility index (Phi) is 5.43. The molecule has 0 radical (unpaired) electrons. The number of rotatable bonds is 5. The van der Waals surface area contributed by atoms with Gasteiger partial charge in [-0.1, -0.05) is 20.3 Å². The van der Waals surface area contributed by atoms with Crippen LogP contribution in [0.4, 0.5) is 0 Å². The molecule has 0 amide bonds. The van der Waals surface area contributed by atoms with Gasteiger partial charge in [0.25, 0.3) is 0 Å². The lowest BCUT2D eigenvalue weighted by atomic mass is 10.2. The third kappa shape index (κ3) is 4.53. The second kappa shape index (κ2) is 5.89. The van der Waals surface area contributed by atoms with Crippen molar-refractivity contribution in [1.82, 2.24) is 0 Å². The largest absolute Gasteiger partial charge is 0.461 e. The average Bonchev–Trinajstić information content (AvgIpc) is 2.00. The zero-order chi connectivity index (χ0) is 8.69. The Morgan fingerprint density at radius 3 is 2.45 bits per heavy atom. The summed E-state index contributed by atoms with van der Waals surface area (Å²) < 4.78 is 4.74. The minimum atomic E-state index is -0.464. The fourth-order valence-electron chi connectivity index (χ4n) is 0.634. The van der Waals surface area contributed by atoms with Crippen molar-refractivity contribution >= 4 is 11.7 Å². The van der Waals surface area contributed by atoms with Gasteiger partial charge in [-0.3, -0.25) is 5.41 Å². The van der Waals surface area contributed by atoms with E-state index in [0.717, 1.165) is 12.8 Å². The van der Waals surface area contributed by atoms with Crippen LogP contribution in [0.15, 0.2) is 0 Å². The van der Waals surface area contributed by atoms with Gasteiger partial charge >= 0.3 is 5.97 Å². The standard InChI is InChI=1S/C8H15NO2/c1-3-5-7(9)8(10)11-6-4-2/h9H,3-6H2,1-2H3. The van der Waals surface area contributed by atoms with Crippen LogP contribution in [0, 0.1) is 5.41 Å². The van der Waals surface area contributed by atoms with Crippen molar-refractivity contribution in [3.8, 4) is 0 Å². The van der Waals surface area contributed by atoms with E-state index in [9.17, 15) is 4.79 Å². The quantitative estimate of drug-likeness (QED) is 0.488. The third-order valence-corrected chi connectivity index (χ3v) is 1.18. The molecule has 64 valence electrons. The zero-order valence-electron chi connectivity index (χ0n) is 7.14. The molecule has 0 rings (SSSR count). The van der Waals surface area contributed by atoms with Crippen LogP contribution in [-0.2, 0) is 9.53 Å². The Morgan fingerprint density at radius 2 is 2.00 bits per heavy atom. The highest BCUT2D eigenvalue weighted by Crippen LogP contribution is 1.93. The maximum atomic E-state index is 10.8. The van der Waals surface area contributed by atoms with Crippen LogP contribution < -0.4 is 0 Å². The molecule has 0 aliphatic rings. The number of hydrogen-bond donors (Lipinski definition) is 1. The number of nitrogens with one attached hydrogen (secondary N) is 1. The first-order valence-corrected chi connectivity index (χ1v) is 3.96. The highest BCUT2D eigenvalue weighted by Gasteiger charge is 2.07. The molecule has 3 heteroatoms. The maximum Gasteiger partial charge on any atom is 0.351 e. The van der Waals surface area contributed by atoms with Gasteiger partial charge in [-0.2, -0.15) is 0 Å². The van der Waals surface area contributed by atoms with Crippen molar-refractivity contribution in [2.75, 3.05) is 6.61 Å². The summed E-state index contributed by atoms with van der Waals surface area (Å²) in [6.07, 6.45) is 2.15. The summed E-state index contributed by atoms with van der Waals surface area (Å²) in [4.78, 5) is 10.8. The molecule has 0 aromatic rings. The van der Waals surface area contributed by atoms with Crippen LogP contribution in [0.5, 0.6) is 0 Å². The predicted octanol–water partition coefficient (Wildman–Crippen LogP) is 1.76. The minimum absolute atomic E-state index is 0.0842. The molecule has 0 unspecified atom stereocenters. The third-order valence-electron chi connectivity index (χ3n) is 1.18. The summed E-state index contributed by atoms with van der Waals surface area (Å²) in [6, 6.07) is 0. The zero-order valence-corrected chi connectivity index (χ0v) is 7.14. The van der Waals surface area contributed by atoms with Crippen molar-refractivity contribution in [2.24, 2.45) is 0 Å². The van der Waals surface area contributed by atoms with Gasteiger partial charge in [0.1, 0.15) is 5.71 Å². The van der Waals surface area contributed by atoms with E-state index in [-0.39, 0.29) is 5.71 Å². The van der Waals surface area contributed by atoms with Crippen molar-refractivity contribution in [1.29, 1.82) is 5.41 Å². The van der Waals surface area contributed by atoms with Crippen LogP contribution in [0.25, 0.3) is 0 Å². The van der Waals surface area contributed by atoms with Crippen molar-refractivity contribution in [2.45, 2.75) is 33.1 Å². The normalized spacial score (nSPS) is 9.27. The first-order chi connectivity index (χ1) is 5.22. The second-order valence-corrected chi connectivity index (χ2v) is 2.36.